The van der Waals surface area contributed by atoms with E-state index in [0.717, 1.165) is 18.6 Å². The maximum Gasteiger partial charge on any atom is 0.258 e. The quantitative estimate of drug-likeness (QED) is 0.686. The second kappa shape index (κ2) is 10.5. The van der Waals surface area contributed by atoms with Gasteiger partial charge >= 0.3 is 0 Å². The molecule has 1 unspecified atom stereocenters. The van der Waals surface area contributed by atoms with Crippen LogP contribution in [0.5, 0.6) is 17.2 Å². The van der Waals surface area contributed by atoms with Crippen LogP contribution in [0.3, 0.4) is 0 Å². The van der Waals surface area contributed by atoms with Crippen molar-refractivity contribution < 1.29 is 19.0 Å². The molecule has 0 bridgehead atoms. The Morgan fingerprint density at radius 2 is 1.67 bits per heavy atom. The molecular formula is C22H29NO4. The van der Waals surface area contributed by atoms with Crippen molar-refractivity contribution in [2.75, 3.05) is 13.7 Å². The normalized spacial score (nSPS) is 11.7. The molecule has 27 heavy (non-hydrogen) atoms. The zero-order valence-electron chi connectivity index (χ0n) is 16.5. The Bertz CT molecular complexity index is 713. The standard InChI is InChI=1S/C22H29NO4/c1-16(2)27-19-13-11-18(12-14-19)10-9-17(3)23-22(24)15-26-21-8-6-5-7-20(21)25-4/h5-8,11-14,16-17H,9-10,15H2,1-4H3,(H,23,24). The molecule has 0 aliphatic rings. The molecule has 5 nitrogen and oxygen atoms in total. The molecule has 1 N–H and O–H groups in total. The highest BCUT2D eigenvalue weighted by atomic mass is 16.5. The number of hydrogen-bond acceptors (Lipinski definition) is 4. The number of hydrogen-bond donors (Lipinski definition) is 1. The maximum atomic E-state index is 12.1. The number of ether oxygens (including phenoxy) is 3. The number of carbonyl (C=O) groups excluding carboxylic acids is 1. The number of carbonyl (C=O) groups is 1. The molecule has 146 valence electrons. The topological polar surface area (TPSA) is 56.8 Å². The molecule has 0 aromatic heterocycles. The first-order valence-corrected chi connectivity index (χ1v) is 9.28. The molecule has 2 aromatic carbocycles. The first-order valence-electron chi connectivity index (χ1n) is 9.28. The SMILES string of the molecule is COc1ccccc1OCC(=O)NC(C)CCc1ccc(OC(C)C)cc1. The fourth-order valence-electron chi connectivity index (χ4n) is 2.66. The summed E-state index contributed by atoms with van der Waals surface area (Å²) in [5.41, 5.74) is 1.22. The van der Waals surface area contributed by atoms with Crippen LogP contribution in [-0.2, 0) is 11.2 Å². The molecule has 1 amide bonds. The Hall–Kier alpha value is -2.69. The van der Waals surface area contributed by atoms with Crippen molar-refractivity contribution in [3.8, 4) is 17.2 Å². The second-order valence-electron chi connectivity index (χ2n) is 6.76. The highest BCUT2D eigenvalue weighted by Crippen LogP contribution is 2.25. The van der Waals surface area contributed by atoms with Gasteiger partial charge in [-0.2, -0.15) is 0 Å². The minimum atomic E-state index is -0.144. The second-order valence-corrected chi connectivity index (χ2v) is 6.76. The molecule has 0 saturated carbocycles. The van der Waals surface area contributed by atoms with Crippen molar-refractivity contribution >= 4 is 5.91 Å². The van der Waals surface area contributed by atoms with Gasteiger partial charge in [0, 0.05) is 6.04 Å². The lowest BCUT2D eigenvalue weighted by atomic mass is 10.1. The Balaban J connectivity index is 1.73. The largest absolute Gasteiger partial charge is 0.493 e. The van der Waals surface area contributed by atoms with Crippen LogP contribution in [0.2, 0.25) is 0 Å². The molecule has 0 aliphatic heterocycles. The van der Waals surface area contributed by atoms with Crippen LogP contribution in [0.15, 0.2) is 48.5 Å². The van der Waals surface area contributed by atoms with Gasteiger partial charge in [0.05, 0.1) is 13.2 Å². The van der Waals surface area contributed by atoms with Crippen molar-refractivity contribution in [2.24, 2.45) is 0 Å². The summed E-state index contributed by atoms with van der Waals surface area (Å²) in [7, 11) is 1.58. The predicted molar refractivity (Wildman–Crippen MR) is 107 cm³/mol. The van der Waals surface area contributed by atoms with Crippen molar-refractivity contribution in [1.29, 1.82) is 0 Å². The Kier molecular flexibility index (Phi) is 7.99. The van der Waals surface area contributed by atoms with Crippen LogP contribution in [0.1, 0.15) is 32.8 Å². The fourth-order valence-corrected chi connectivity index (χ4v) is 2.66. The van der Waals surface area contributed by atoms with Gasteiger partial charge in [0.15, 0.2) is 18.1 Å². The number of rotatable bonds is 10. The smallest absolute Gasteiger partial charge is 0.258 e. The number of aryl methyl sites for hydroxylation is 1. The average Bonchev–Trinajstić information content (AvgIpc) is 2.65. The first kappa shape index (κ1) is 20.6. The number of benzene rings is 2. The van der Waals surface area contributed by atoms with Crippen LogP contribution in [0.25, 0.3) is 0 Å². The molecular weight excluding hydrogens is 342 g/mol. The number of para-hydroxylation sites is 2. The molecule has 2 rings (SSSR count). The summed E-state index contributed by atoms with van der Waals surface area (Å²) in [4.78, 5) is 12.1. The zero-order valence-corrected chi connectivity index (χ0v) is 16.5. The maximum absolute atomic E-state index is 12.1. The molecule has 1 atom stereocenters. The van der Waals surface area contributed by atoms with Gasteiger partial charge in [-0.3, -0.25) is 4.79 Å². The third-order valence-corrected chi connectivity index (χ3v) is 4.00. The van der Waals surface area contributed by atoms with Crippen molar-refractivity contribution in [1.82, 2.24) is 5.32 Å². The average molecular weight is 371 g/mol. The van der Waals surface area contributed by atoms with E-state index in [1.54, 1.807) is 19.2 Å². The van der Waals surface area contributed by atoms with Gasteiger partial charge in [0.2, 0.25) is 0 Å². The van der Waals surface area contributed by atoms with Gasteiger partial charge in [0.25, 0.3) is 5.91 Å². The molecule has 2 aromatic rings. The summed E-state index contributed by atoms with van der Waals surface area (Å²) in [6.45, 7) is 5.98. The van der Waals surface area contributed by atoms with E-state index in [9.17, 15) is 4.79 Å². The predicted octanol–water partition coefficient (Wildman–Crippen LogP) is 4.00. The van der Waals surface area contributed by atoms with Crippen molar-refractivity contribution in [2.45, 2.75) is 45.8 Å². The minimum Gasteiger partial charge on any atom is -0.493 e. The summed E-state index contributed by atoms with van der Waals surface area (Å²) in [6.07, 6.45) is 1.91. The zero-order chi connectivity index (χ0) is 19.6. The van der Waals surface area contributed by atoms with Crippen LogP contribution in [0, 0.1) is 0 Å². The lowest BCUT2D eigenvalue weighted by Gasteiger charge is -2.15. The summed E-state index contributed by atoms with van der Waals surface area (Å²) < 4.78 is 16.4. The monoisotopic (exact) mass is 371 g/mol. The van der Waals surface area contributed by atoms with Gasteiger partial charge in [-0.1, -0.05) is 24.3 Å². The van der Waals surface area contributed by atoms with E-state index in [4.69, 9.17) is 14.2 Å². The Morgan fingerprint density at radius 3 is 2.30 bits per heavy atom. The van der Waals surface area contributed by atoms with E-state index in [-0.39, 0.29) is 24.7 Å². The van der Waals surface area contributed by atoms with Gasteiger partial charge in [0.1, 0.15) is 5.75 Å². The molecule has 0 aliphatic carbocycles. The summed E-state index contributed by atoms with van der Waals surface area (Å²) in [6, 6.07) is 15.4. The fraction of sp³-hybridized carbons (Fsp3) is 0.409. The third kappa shape index (κ3) is 7.21. The summed E-state index contributed by atoms with van der Waals surface area (Å²) >= 11 is 0. The van der Waals surface area contributed by atoms with E-state index in [1.807, 2.05) is 45.0 Å². The molecule has 0 fully saturated rings. The van der Waals surface area contributed by atoms with Crippen molar-refractivity contribution in [3.63, 3.8) is 0 Å². The molecule has 5 heteroatoms. The van der Waals surface area contributed by atoms with Gasteiger partial charge in [-0.15, -0.1) is 0 Å². The third-order valence-electron chi connectivity index (χ3n) is 4.00. The number of methoxy groups -OCH3 is 1. The number of nitrogens with one attached hydrogen (secondary N) is 1. The molecule has 0 spiro atoms. The van der Waals surface area contributed by atoms with Crippen LogP contribution in [0.4, 0.5) is 0 Å². The van der Waals surface area contributed by atoms with Gasteiger partial charge < -0.3 is 19.5 Å². The molecule has 0 saturated heterocycles. The van der Waals surface area contributed by atoms with Crippen LogP contribution in [-0.4, -0.2) is 31.8 Å². The molecule has 0 heterocycles. The highest BCUT2D eigenvalue weighted by molar-refractivity contribution is 5.77. The van der Waals surface area contributed by atoms with E-state index in [1.165, 1.54) is 5.56 Å². The van der Waals surface area contributed by atoms with E-state index in [2.05, 4.69) is 17.4 Å². The van der Waals surface area contributed by atoms with Gasteiger partial charge in [-0.25, -0.2) is 0 Å². The number of amides is 1. The van der Waals surface area contributed by atoms with Crippen LogP contribution < -0.4 is 19.5 Å². The highest BCUT2D eigenvalue weighted by Gasteiger charge is 2.10. The van der Waals surface area contributed by atoms with E-state index < -0.39 is 0 Å². The summed E-state index contributed by atoms with van der Waals surface area (Å²) in [5.74, 6) is 1.91. The van der Waals surface area contributed by atoms with E-state index in [0.29, 0.717) is 11.5 Å². The Morgan fingerprint density at radius 1 is 1.00 bits per heavy atom. The van der Waals surface area contributed by atoms with Crippen LogP contribution >= 0.6 is 0 Å². The van der Waals surface area contributed by atoms with Gasteiger partial charge in [-0.05, 0) is 63.4 Å². The minimum absolute atomic E-state index is 0.0358. The lowest BCUT2D eigenvalue weighted by Crippen LogP contribution is -2.36. The first-order chi connectivity index (χ1) is 13.0. The molecule has 0 radical (unpaired) electrons. The van der Waals surface area contributed by atoms with Crippen molar-refractivity contribution in [3.05, 3.63) is 54.1 Å². The van der Waals surface area contributed by atoms with E-state index >= 15 is 0 Å². The summed E-state index contributed by atoms with van der Waals surface area (Å²) in [5, 5.41) is 2.97. The Labute approximate surface area is 161 Å². The lowest BCUT2D eigenvalue weighted by molar-refractivity contribution is -0.123.